The summed E-state index contributed by atoms with van der Waals surface area (Å²) in [6.07, 6.45) is 1.50. The Bertz CT molecular complexity index is 1050. The van der Waals surface area contributed by atoms with Gasteiger partial charge in [-0.05, 0) is 54.6 Å². The van der Waals surface area contributed by atoms with Crippen LogP contribution >= 0.6 is 11.8 Å². The van der Waals surface area contributed by atoms with Crippen molar-refractivity contribution in [1.82, 2.24) is 4.90 Å². The van der Waals surface area contributed by atoms with Gasteiger partial charge in [0.15, 0.2) is 11.5 Å². The predicted octanol–water partition coefficient (Wildman–Crippen LogP) is 3.51. The zero-order valence-electron chi connectivity index (χ0n) is 16.8. The number of hydrogen-bond donors (Lipinski definition) is 0. The number of methoxy groups -OCH3 is 1. The molecule has 160 valence electrons. The summed E-state index contributed by atoms with van der Waals surface area (Å²) in [6.45, 7) is 1.36. The van der Waals surface area contributed by atoms with Gasteiger partial charge in [-0.1, -0.05) is 24.3 Å². The molecule has 1 aliphatic heterocycles. The van der Waals surface area contributed by atoms with E-state index in [0.717, 1.165) is 16.7 Å². The molecule has 0 N–H and O–H groups in total. The lowest BCUT2D eigenvalue weighted by Crippen LogP contribution is -2.34. The molecule has 0 aromatic heterocycles. The zero-order chi connectivity index (χ0) is 22.4. The molecule has 0 radical (unpaired) electrons. The zero-order valence-corrected chi connectivity index (χ0v) is 17.6. The molecule has 0 aliphatic carbocycles. The molecule has 2 aromatic carbocycles. The van der Waals surface area contributed by atoms with Crippen LogP contribution in [-0.2, 0) is 14.3 Å². The van der Waals surface area contributed by atoms with Crippen molar-refractivity contribution in [2.24, 2.45) is 0 Å². The van der Waals surface area contributed by atoms with Gasteiger partial charge in [0.05, 0.1) is 24.2 Å². The number of imide groups is 1. The minimum Gasteiger partial charge on any atom is -0.493 e. The highest BCUT2D eigenvalue weighted by molar-refractivity contribution is 8.18. The van der Waals surface area contributed by atoms with Crippen LogP contribution in [0.2, 0.25) is 0 Å². The lowest BCUT2D eigenvalue weighted by atomic mass is 10.1. The molecule has 1 heterocycles. The highest BCUT2D eigenvalue weighted by Gasteiger charge is 2.36. The van der Waals surface area contributed by atoms with E-state index >= 15 is 0 Å². The molecule has 3 rings (SSSR count). The third-order valence-corrected chi connectivity index (χ3v) is 5.07. The second kappa shape index (κ2) is 9.94. The molecule has 0 atom stereocenters. The van der Waals surface area contributed by atoms with Crippen LogP contribution in [0.4, 0.5) is 4.79 Å². The highest BCUT2D eigenvalue weighted by atomic mass is 32.2. The average molecular weight is 441 g/mol. The Balaban J connectivity index is 1.77. The van der Waals surface area contributed by atoms with E-state index in [1.165, 1.54) is 19.3 Å². The number of carbonyl (C=O) groups is 4. The second-order valence-corrected chi connectivity index (χ2v) is 7.23. The van der Waals surface area contributed by atoms with E-state index in [2.05, 4.69) is 0 Å². The van der Waals surface area contributed by atoms with Gasteiger partial charge in [0.2, 0.25) is 0 Å². The first kappa shape index (κ1) is 22.1. The lowest BCUT2D eigenvalue weighted by molar-refractivity contribution is -0.145. The first-order chi connectivity index (χ1) is 14.9. The molecule has 1 aliphatic rings. The fourth-order valence-corrected chi connectivity index (χ4v) is 3.55. The van der Waals surface area contributed by atoms with Crippen LogP contribution in [0, 0.1) is 0 Å². The van der Waals surface area contributed by atoms with E-state index in [1.807, 2.05) is 0 Å². The van der Waals surface area contributed by atoms with Crippen LogP contribution in [0.25, 0.3) is 6.08 Å². The fourth-order valence-electron chi connectivity index (χ4n) is 2.71. The van der Waals surface area contributed by atoms with Gasteiger partial charge in [-0.15, -0.1) is 0 Å². The number of amides is 2. The van der Waals surface area contributed by atoms with Crippen LogP contribution in [-0.4, -0.2) is 48.2 Å². The Hall–Kier alpha value is -3.59. The smallest absolute Gasteiger partial charge is 0.343 e. The average Bonchev–Trinajstić information content (AvgIpc) is 3.02. The van der Waals surface area contributed by atoms with E-state index in [9.17, 15) is 19.2 Å². The molecule has 1 saturated heterocycles. The van der Waals surface area contributed by atoms with Gasteiger partial charge in [0, 0.05) is 0 Å². The number of carbonyl (C=O) groups excluding carboxylic acids is 4. The number of nitrogens with zero attached hydrogens (tertiary/aromatic N) is 1. The van der Waals surface area contributed by atoms with Crippen LogP contribution < -0.4 is 9.47 Å². The first-order valence-electron chi connectivity index (χ1n) is 9.29. The summed E-state index contributed by atoms with van der Waals surface area (Å²) < 4.78 is 15.5. The molecule has 0 bridgehead atoms. The summed E-state index contributed by atoms with van der Waals surface area (Å²) in [5.41, 5.74) is 0.946. The number of esters is 2. The topological polar surface area (TPSA) is 99.2 Å². The summed E-state index contributed by atoms with van der Waals surface area (Å²) in [7, 11) is 1.42. The van der Waals surface area contributed by atoms with Crippen LogP contribution in [0.3, 0.4) is 0 Å². The molecule has 2 aromatic rings. The molecule has 8 nitrogen and oxygen atoms in total. The van der Waals surface area contributed by atoms with Gasteiger partial charge in [-0.25, -0.2) is 4.79 Å². The predicted molar refractivity (Wildman–Crippen MR) is 114 cm³/mol. The maximum absolute atomic E-state index is 12.5. The largest absolute Gasteiger partial charge is 0.493 e. The molecule has 2 amide bonds. The second-order valence-electron chi connectivity index (χ2n) is 6.24. The Morgan fingerprint density at radius 3 is 2.48 bits per heavy atom. The van der Waals surface area contributed by atoms with Crippen molar-refractivity contribution in [2.75, 3.05) is 20.3 Å². The van der Waals surface area contributed by atoms with E-state index in [4.69, 9.17) is 14.2 Å². The maximum Gasteiger partial charge on any atom is 0.343 e. The van der Waals surface area contributed by atoms with E-state index < -0.39 is 29.6 Å². The molecule has 9 heteroatoms. The molecule has 0 saturated carbocycles. The maximum atomic E-state index is 12.5. The van der Waals surface area contributed by atoms with Crippen molar-refractivity contribution in [3.05, 3.63) is 64.6 Å². The number of rotatable bonds is 7. The van der Waals surface area contributed by atoms with E-state index in [1.54, 1.807) is 49.4 Å². The third kappa shape index (κ3) is 5.32. The van der Waals surface area contributed by atoms with Crippen molar-refractivity contribution >= 4 is 40.9 Å². The van der Waals surface area contributed by atoms with Gasteiger partial charge in [-0.2, -0.15) is 0 Å². The number of thioether (sulfide) groups is 1. The SMILES string of the molecule is CCOC(=O)CN1C(=O)S/C(=C\c2ccc(OC(=O)c3ccccc3)c(OC)c2)C1=O. The van der Waals surface area contributed by atoms with E-state index in [0.29, 0.717) is 11.1 Å². The Labute approximate surface area is 182 Å². The van der Waals surface area contributed by atoms with Gasteiger partial charge in [-0.3, -0.25) is 19.3 Å². The van der Waals surface area contributed by atoms with Gasteiger partial charge in [0.25, 0.3) is 11.1 Å². The quantitative estimate of drug-likeness (QED) is 0.366. The Kier molecular flexibility index (Phi) is 7.09. The molecule has 31 heavy (non-hydrogen) atoms. The molecular weight excluding hydrogens is 422 g/mol. The highest BCUT2D eigenvalue weighted by Crippen LogP contribution is 2.34. The summed E-state index contributed by atoms with van der Waals surface area (Å²) in [5.74, 6) is -1.28. The minimum atomic E-state index is -0.655. The Morgan fingerprint density at radius 1 is 1.06 bits per heavy atom. The molecule has 1 fully saturated rings. The molecule has 0 spiro atoms. The molecule has 0 unspecified atom stereocenters. The van der Waals surface area contributed by atoms with Crippen molar-refractivity contribution in [3.8, 4) is 11.5 Å². The van der Waals surface area contributed by atoms with Gasteiger partial charge < -0.3 is 14.2 Å². The summed E-state index contributed by atoms with van der Waals surface area (Å²) in [4.78, 5) is 49.5. The minimum absolute atomic E-state index is 0.158. The summed E-state index contributed by atoms with van der Waals surface area (Å²) >= 11 is 0.727. The van der Waals surface area contributed by atoms with Gasteiger partial charge >= 0.3 is 11.9 Å². The first-order valence-corrected chi connectivity index (χ1v) is 10.1. The van der Waals surface area contributed by atoms with Crippen molar-refractivity contribution in [2.45, 2.75) is 6.92 Å². The fraction of sp³-hybridized carbons (Fsp3) is 0.182. The Morgan fingerprint density at radius 2 is 1.81 bits per heavy atom. The number of hydrogen-bond acceptors (Lipinski definition) is 8. The van der Waals surface area contributed by atoms with Crippen LogP contribution in [0.5, 0.6) is 11.5 Å². The van der Waals surface area contributed by atoms with Crippen molar-refractivity contribution in [3.63, 3.8) is 0 Å². The monoisotopic (exact) mass is 441 g/mol. The van der Waals surface area contributed by atoms with Crippen molar-refractivity contribution in [1.29, 1.82) is 0 Å². The summed E-state index contributed by atoms with van der Waals surface area (Å²) in [6, 6.07) is 13.3. The third-order valence-electron chi connectivity index (χ3n) is 4.16. The normalized spacial score (nSPS) is 14.6. The summed E-state index contributed by atoms with van der Waals surface area (Å²) in [5, 5.41) is -0.551. The van der Waals surface area contributed by atoms with Crippen LogP contribution in [0.15, 0.2) is 53.4 Å². The van der Waals surface area contributed by atoms with Gasteiger partial charge in [0.1, 0.15) is 6.54 Å². The number of ether oxygens (including phenoxy) is 3. The standard InChI is InChI=1S/C22H19NO7S/c1-3-29-19(24)13-23-20(25)18(31-22(23)27)12-14-9-10-16(17(11-14)28-2)30-21(26)15-7-5-4-6-8-15/h4-12H,3,13H2,1-2H3/b18-12-. The lowest BCUT2D eigenvalue weighted by Gasteiger charge is -2.11. The molecular formula is C22H19NO7S. The number of benzene rings is 2. The van der Waals surface area contributed by atoms with Crippen LogP contribution in [0.1, 0.15) is 22.8 Å². The van der Waals surface area contributed by atoms with E-state index in [-0.39, 0.29) is 23.0 Å². The van der Waals surface area contributed by atoms with Crippen molar-refractivity contribution < 1.29 is 33.4 Å².